The number of esters is 1. The van der Waals surface area contributed by atoms with Gasteiger partial charge in [-0.2, -0.15) is 0 Å². The molecule has 0 amide bonds. The Kier molecular flexibility index (Phi) is 7.77. The molecule has 1 aromatic rings. The highest BCUT2D eigenvalue weighted by Gasteiger charge is 2.42. The number of benzene rings is 1. The molecule has 3 heteroatoms. The highest BCUT2D eigenvalue weighted by Crippen LogP contribution is 2.40. The van der Waals surface area contributed by atoms with Crippen molar-refractivity contribution in [3.63, 3.8) is 0 Å². The van der Waals surface area contributed by atoms with Crippen LogP contribution in [0.4, 0.5) is 0 Å². The highest BCUT2D eigenvalue weighted by molar-refractivity contribution is 5.83. The first kappa shape index (κ1) is 19.0. The van der Waals surface area contributed by atoms with E-state index in [2.05, 4.69) is 30.9 Å². The lowest BCUT2D eigenvalue weighted by Crippen LogP contribution is -2.40. The number of nitrogens with zero attached hydrogens (tertiary/aromatic N) is 1. The molecule has 0 aromatic heterocycles. The minimum absolute atomic E-state index is 0.0126. The van der Waals surface area contributed by atoms with Crippen LogP contribution in [0.25, 0.3) is 0 Å². The van der Waals surface area contributed by atoms with E-state index in [1.54, 1.807) is 0 Å². The normalized spacial score (nSPS) is 17.0. The molecule has 1 aliphatic carbocycles. The van der Waals surface area contributed by atoms with E-state index < -0.39 is 5.41 Å². The summed E-state index contributed by atoms with van der Waals surface area (Å²) in [6.45, 7) is 7.90. The highest BCUT2D eigenvalue weighted by atomic mass is 16.5. The monoisotopic (exact) mass is 331 g/mol. The molecule has 0 atom stereocenters. The Balaban J connectivity index is 1.99. The summed E-state index contributed by atoms with van der Waals surface area (Å²) in [5.74, 6) is -0.0126. The third kappa shape index (κ3) is 4.83. The van der Waals surface area contributed by atoms with Crippen LogP contribution < -0.4 is 0 Å². The Morgan fingerprint density at radius 1 is 1.00 bits per heavy atom. The molecule has 0 heterocycles. The van der Waals surface area contributed by atoms with Gasteiger partial charge in [-0.15, -0.1) is 0 Å². The smallest absolute Gasteiger partial charge is 0.316 e. The average Bonchev–Trinajstić information content (AvgIpc) is 2.63. The van der Waals surface area contributed by atoms with E-state index in [4.69, 9.17) is 4.74 Å². The predicted molar refractivity (Wildman–Crippen MR) is 99.2 cm³/mol. The molecule has 0 radical (unpaired) electrons. The fourth-order valence-electron chi connectivity index (χ4n) is 3.90. The van der Waals surface area contributed by atoms with Crippen LogP contribution in [0, 0.1) is 0 Å². The Morgan fingerprint density at radius 2 is 1.62 bits per heavy atom. The summed E-state index contributed by atoms with van der Waals surface area (Å²) >= 11 is 0. The molecular weight excluding hydrogens is 298 g/mol. The van der Waals surface area contributed by atoms with Crippen LogP contribution in [-0.2, 0) is 14.9 Å². The molecule has 0 spiro atoms. The topological polar surface area (TPSA) is 29.5 Å². The molecule has 2 rings (SSSR count). The molecule has 0 saturated heterocycles. The fourth-order valence-corrected chi connectivity index (χ4v) is 3.90. The lowest BCUT2D eigenvalue weighted by Gasteiger charge is -2.35. The van der Waals surface area contributed by atoms with Gasteiger partial charge in [-0.05, 0) is 44.3 Å². The van der Waals surface area contributed by atoms with Crippen molar-refractivity contribution in [1.82, 2.24) is 4.90 Å². The molecule has 1 saturated carbocycles. The first-order chi connectivity index (χ1) is 11.7. The number of carbonyl (C=O) groups excluding carboxylic acids is 1. The summed E-state index contributed by atoms with van der Waals surface area (Å²) in [6, 6.07) is 10.3. The number of ether oxygens (including phenoxy) is 1. The fraction of sp³-hybridized carbons (Fsp3) is 0.667. The quantitative estimate of drug-likeness (QED) is 0.622. The number of hydrogen-bond acceptors (Lipinski definition) is 3. The van der Waals surface area contributed by atoms with E-state index >= 15 is 0 Å². The summed E-state index contributed by atoms with van der Waals surface area (Å²) in [7, 11) is 0. The van der Waals surface area contributed by atoms with Gasteiger partial charge in [0.2, 0.25) is 0 Å². The van der Waals surface area contributed by atoms with Crippen molar-refractivity contribution >= 4 is 5.97 Å². The van der Waals surface area contributed by atoms with E-state index in [9.17, 15) is 4.79 Å². The Labute approximate surface area is 147 Å². The molecule has 1 aromatic carbocycles. The summed E-state index contributed by atoms with van der Waals surface area (Å²) < 4.78 is 5.78. The largest absolute Gasteiger partial charge is 0.464 e. The molecule has 3 nitrogen and oxygen atoms in total. The van der Waals surface area contributed by atoms with Gasteiger partial charge in [0.1, 0.15) is 6.61 Å². The number of carbonyl (C=O) groups is 1. The van der Waals surface area contributed by atoms with Crippen LogP contribution in [-0.4, -0.2) is 37.1 Å². The van der Waals surface area contributed by atoms with Crippen LogP contribution in [0.3, 0.4) is 0 Å². The van der Waals surface area contributed by atoms with Crippen molar-refractivity contribution in [2.45, 2.75) is 64.2 Å². The van der Waals surface area contributed by atoms with Crippen molar-refractivity contribution in [2.24, 2.45) is 0 Å². The molecule has 0 unspecified atom stereocenters. The van der Waals surface area contributed by atoms with Crippen molar-refractivity contribution in [1.29, 1.82) is 0 Å². The number of rotatable bonds is 9. The summed E-state index contributed by atoms with van der Waals surface area (Å²) in [4.78, 5) is 15.4. The summed E-state index contributed by atoms with van der Waals surface area (Å²) in [5.41, 5.74) is 0.716. The van der Waals surface area contributed by atoms with Gasteiger partial charge in [-0.1, -0.05) is 63.4 Å². The van der Waals surface area contributed by atoms with Crippen LogP contribution in [0.15, 0.2) is 30.3 Å². The zero-order valence-corrected chi connectivity index (χ0v) is 15.4. The minimum atomic E-state index is -0.417. The maximum atomic E-state index is 13.0. The van der Waals surface area contributed by atoms with Crippen LogP contribution in [0.5, 0.6) is 0 Å². The Bertz CT molecular complexity index is 474. The predicted octanol–water partition coefficient (Wildman–Crippen LogP) is 4.55. The summed E-state index contributed by atoms with van der Waals surface area (Å²) in [5, 5.41) is 0. The minimum Gasteiger partial charge on any atom is -0.464 e. The van der Waals surface area contributed by atoms with Crippen LogP contribution in [0.2, 0.25) is 0 Å². The van der Waals surface area contributed by atoms with Gasteiger partial charge in [0.05, 0.1) is 5.41 Å². The lowest BCUT2D eigenvalue weighted by atomic mass is 9.69. The van der Waals surface area contributed by atoms with Crippen LogP contribution in [0.1, 0.15) is 64.4 Å². The van der Waals surface area contributed by atoms with E-state index in [1.165, 1.54) is 6.42 Å². The first-order valence-electron chi connectivity index (χ1n) is 9.68. The molecule has 0 bridgehead atoms. The number of hydrogen-bond donors (Lipinski definition) is 0. The van der Waals surface area contributed by atoms with E-state index in [0.29, 0.717) is 6.61 Å². The molecule has 0 aliphatic heterocycles. The van der Waals surface area contributed by atoms with Crippen molar-refractivity contribution in [2.75, 3.05) is 26.2 Å². The van der Waals surface area contributed by atoms with Gasteiger partial charge in [-0.3, -0.25) is 9.69 Å². The van der Waals surface area contributed by atoms with Gasteiger partial charge in [-0.25, -0.2) is 0 Å². The van der Waals surface area contributed by atoms with Gasteiger partial charge in [0.15, 0.2) is 0 Å². The van der Waals surface area contributed by atoms with E-state index in [1.807, 2.05) is 18.2 Å². The molecular formula is C21H33NO2. The standard InChI is InChI=1S/C21H33NO2/c1-3-15-22(16-4-2)17-18-24-20(23)21(13-9-6-10-14-21)19-11-7-5-8-12-19/h5,7-8,11-12H,3-4,6,9-10,13-18H2,1-2H3. The third-order valence-electron chi connectivity index (χ3n) is 5.14. The van der Waals surface area contributed by atoms with Crippen molar-refractivity contribution in [3.05, 3.63) is 35.9 Å². The zero-order chi connectivity index (χ0) is 17.3. The van der Waals surface area contributed by atoms with E-state index in [0.717, 1.165) is 63.7 Å². The van der Waals surface area contributed by atoms with Gasteiger partial charge < -0.3 is 4.74 Å². The van der Waals surface area contributed by atoms with Gasteiger partial charge >= 0.3 is 5.97 Å². The molecule has 0 N–H and O–H groups in total. The summed E-state index contributed by atoms with van der Waals surface area (Å²) in [6.07, 6.45) is 7.57. The lowest BCUT2D eigenvalue weighted by molar-refractivity contribution is -0.152. The zero-order valence-electron chi connectivity index (χ0n) is 15.4. The van der Waals surface area contributed by atoms with Crippen LogP contribution >= 0.6 is 0 Å². The molecule has 134 valence electrons. The molecule has 1 aliphatic rings. The average molecular weight is 332 g/mol. The maximum absolute atomic E-state index is 13.0. The van der Waals surface area contributed by atoms with Gasteiger partial charge in [0, 0.05) is 6.54 Å². The molecule has 24 heavy (non-hydrogen) atoms. The second-order valence-electron chi connectivity index (χ2n) is 6.99. The Morgan fingerprint density at radius 3 is 2.21 bits per heavy atom. The Hall–Kier alpha value is -1.35. The second-order valence-corrected chi connectivity index (χ2v) is 6.99. The third-order valence-corrected chi connectivity index (χ3v) is 5.14. The SMILES string of the molecule is CCCN(CCC)CCOC(=O)C1(c2ccccc2)CCCCC1. The van der Waals surface area contributed by atoms with E-state index in [-0.39, 0.29) is 5.97 Å². The second kappa shape index (κ2) is 9.83. The van der Waals surface area contributed by atoms with Crippen molar-refractivity contribution in [3.8, 4) is 0 Å². The van der Waals surface area contributed by atoms with Crippen molar-refractivity contribution < 1.29 is 9.53 Å². The molecule has 1 fully saturated rings. The first-order valence-corrected chi connectivity index (χ1v) is 9.68. The van der Waals surface area contributed by atoms with Gasteiger partial charge in [0.25, 0.3) is 0 Å². The maximum Gasteiger partial charge on any atom is 0.316 e.